The van der Waals surface area contributed by atoms with Crippen LogP contribution in [-0.2, 0) is 10.3 Å². The number of amides is 3. The monoisotopic (exact) mass is 768 g/mol. The predicted octanol–water partition coefficient (Wildman–Crippen LogP) is 9.12. The number of allylic oxidation sites excluding steroid dienone is 3. The number of aliphatic hydroxyl groups excluding tert-OH is 1. The Balaban J connectivity index is 1.25. The van der Waals surface area contributed by atoms with E-state index >= 15 is 0 Å². The number of hydrogen-bond donors (Lipinski definition) is 2. The van der Waals surface area contributed by atoms with Gasteiger partial charge in [-0.25, -0.2) is 4.79 Å². The van der Waals surface area contributed by atoms with E-state index in [2.05, 4.69) is 65.0 Å². The van der Waals surface area contributed by atoms with Crippen molar-refractivity contribution >= 4 is 23.7 Å². The lowest BCUT2D eigenvalue weighted by atomic mass is 9.77. The smallest absolute Gasteiger partial charge is 0.324 e. The lowest BCUT2D eigenvalue weighted by Crippen LogP contribution is -2.39. The highest BCUT2D eigenvalue weighted by Crippen LogP contribution is 2.40. The van der Waals surface area contributed by atoms with Gasteiger partial charge in [-0.2, -0.15) is 0 Å². The highest BCUT2D eigenvalue weighted by atomic mass is 32.2. The summed E-state index contributed by atoms with van der Waals surface area (Å²) >= 11 is 1.43. The fourth-order valence-electron chi connectivity index (χ4n) is 7.19. The molecule has 0 spiro atoms. The predicted molar refractivity (Wildman–Crippen MR) is 225 cm³/mol. The molecule has 0 aliphatic carbocycles. The molecule has 3 atom stereocenters. The van der Waals surface area contributed by atoms with Crippen molar-refractivity contribution in [1.29, 1.82) is 0 Å². The maximum atomic E-state index is 12.7. The standard InChI is InChI=1S/C46H52N6O3S/c1-3-4-5-6-7-8-9-10-11-12-22-32-41(56-34-40-44(54)51(2)45(55)47-40)42(53)35-24-23-25-36(33-35)43-48-50-52(49-43)46(37-26-16-13-17-27-37,38-28-18-14-19-29-38)39-30-20-15-21-31-39/h11-33,40-42,53H,3-10,34H2,1-2H3,(H,47,55)/b12-11-,32-22+/t40-,41-,42-/m0/s1. The third-order valence-corrected chi connectivity index (χ3v) is 11.6. The van der Waals surface area contributed by atoms with Crippen LogP contribution in [0.3, 0.4) is 0 Å². The molecule has 9 nitrogen and oxygen atoms in total. The van der Waals surface area contributed by atoms with Crippen LogP contribution in [0, 0.1) is 0 Å². The molecule has 2 heterocycles. The first-order chi connectivity index (χ1) is 27.4. The number of urea groups is 1. The maximum absolute atomic E-state index is 12.7. The Labute approximate surface area is 334 Å². The number of rotatable bonds is 20. The van der Waals surface area contributed by atoms with Crippen molar-refractivity contribution in [3.05, 3.63) is 162 Å². The van der Waals surface area contributed by atoms with Crippen molar-refractivity contribution in [2.24, 2.45) is 0 Å². The minimum atomic E-state index is -0.926. The molecular weight excluding hydrogens is 717 g/mol. The van der Waals surface area contributed by atoms with Gasteiger partial charge in [0.2, 0.25) is 5.82 Å². The van der Waals surface area contributed by atoms with Crippen LogP contribution in [0.4, 0.5) is 4.79 Å². The number of imide groups is 1. The third-order valence-electron chi connectivity index (χ3n) is 10.3. The molecule has 56 heavy (non-hydrogen) atoms. The van der Waals surface area contributed by atoms with Crippen LogP contribution >= 0.6 is 11.8 Å². The van der Waals surface area contributed by atoms with Gasteiger partial charge in [0.05, 0.1) is 11.4 Å². The molecule has 4 aromatic carbocycles. The molecule has 5 aromatic rings. The van der Waals surface area contributed by atoms with Crippen molar-refractivity contribution in [3.63, 3.8) is 0 Å². The normalized spacial score (nSPS) is 15.8. The minimum absolute atomic E-state index is 0.275. The molecule has 1 saturated heterocycles. The van der Waals surface area contributed by atoms with Crippen molar-refractivity contribution in [2.45, 2.75) is 81.2 Å². The van der Waals surface area contributed by atoms with E-state index in [1.165, 1.54) is 57.3 Å². The quantitative estimate of drug-likeness (QED) is 0.0352. The molecule has 0 radical (unpaired) electrons. The van der Waals surface area contributed by atoms with Crippen molar-refractivity contribution in [1.82, 2.24) is 30.4 Å². The Morgan fingerprint density at radius 1 is 0.804 bits per heavy atom. The first kappa shape index (κ1) is 40.3. The summed E-state index contributed by atoms with van der Waals surface area (Å²) in [5, 5.41) is 28.6. The van der Waals surface area contributed by atoms with Crippen LogP contribution in [0.2, 0.25) is 0 Å². The zero-order valence-electron chi connectivity index (χ0n) is 32.3. The van der Waals surface area contributed by atoms with E-state index in [0.29, 0.717) is 22.7 Å². The van der Waals surface area contributed by atoms with Gasteiger partial charge in [-0.15, -0.1) is 26.8 Å². The van der Waals surface area contributed by atoms with Gasteiger partial charge < -0.3 is 10.4 Å². The number of carbonyl (C=O) groups excluding carboxylic acids is 2. The van der Waals surface area contributed by atoms with Gasteiger partial charge in [0.25, 0.3) is 5.91 Å². The third kappa shape index (κ3) is 9.54. The number of likely N-dealkylation sites (N-methyl/N-ethyl adjacent to an activating group) is 1. The summed E-state index contributed by atoms with van der Waals surface area (Å²) in [5.41, 5.74) is 3.41. The van der Waals surface area contributed by atoms with Crippen molar-refractivity contribution in [3.8, 4) is 11.4 Å². The Morgan fingerprint density at radius 3 is 2.00 bits per heavy atom. The van der Waals surface area contributed by atoms with E-state index < -0.39 is 29.0 Å². The summed E-state index contributed by atoms with van der Waals surface area (Å²) in [4.78, 5) is 27.6. The SMILES string of the molecule is CCCCCCCCC/C=C\C=C\[C@H](SC[C@@H]1NC(=O)N(C)C1=O)[C@@H](O)c1cccc(-c2nnn(C(c3ccccc3)(c3ccccc3)c3ccccc3)n2)c1. The number of nitrogens with one attached hydrogen (secondary N) is 1. The second-order valence-electron chi connectivity index (χ2n) is 14.2. The number of nitrogens with zero attached hydrogens (tertiary/aromatic N) is 5. The molecule has 1 aliphatic rings. The number of aromatic nitrogens is 4. The number of tetrazole rings is 1. The Kier molecular flexibility index (Phi) is 14.4. The zero-order valence-corrected chi connectivity index (χ0v) is 33.1. The largest absolute Gasteiger partial charge is 0.387 e. The second kappa shape index (κ2) is 20.0. The van der Waals surface area contributed by atoms with Crippen LogP contribution < -0.4 is 5.32 Å². The topological polar surface area (TPSA) is 113 Å². The summed E-state index contributed by atoms with van der Waals surface area (Å²) in [5.74, 6) is 0.461. The number of unbranched alkanes of at least 4 members (excludes halogenated alkanes) is 7. The molecule has 1 aliphatic heterocycles. The summed E-state index contributed by atoms with van der Waals surface area (Å²) in [7, 11) is 1.48. The molecule has 6 rings (SSSR count). The zero-order chi connectivity index (χ0) is 39.2. The van der Waals surface area contributed by atoms with Crippen LogP contribution in [-0.4, -0.2) is 66.2 Å². The first-order valence-electron chi connectivity index (χ1n) is 19.7. The van der Waals surface area contributed by atoms with E-state index in [0.717, 1.165) is 34.4 Å². The number of hydrogen-bond acceptors (Lipinski definition) is 7. The molecule has 1 fully saturated rings. The number of carbonyl (C=O) groups is 2. The lowest BCUT2D eigenvalue weighted by molar-refractivity contribution is -0.126. The fourth-order valence-corrected chi connectivity index (χ4v) is 8.37. The number of thioether (sulfide) groups is 1. The summed E-state index contributed by atoms with van der Waals surface area (Å²) in [6.45, 7) is 2.24. The van der Waals surface area contributed by atoms with Crippen LogP contribution in [0.5, 0.6) is 0 Å². The summed E-state index contributed by atoms with van der Waals surface area (Å²) < 4.78 is 0. The van der Waals surface area contributed by atoms with E-state index in [1.54, 1.807) is 4.80 Å². The number of benzene rings is 4. The maximum Gasteiger partial charge on any atom is 0.324 e. The lowest BCUT2D eigenvalue weighted by Gasteiger charge is -2.34. The molecule has 0 bridgehead atoms. The van der Waals surface area contributed by atoms with Gasteiger partial charge in [0.15, 0.2) is 5.54 Å². The van der Waals surface area contributed by atoms with Gasteiger partial charge in [0.1, 0.15) is 6.04 Å². The second-order valence-corrected chi connectivity index (χ2v) is 15.4. The molecule has 10 heteroatoms. The average Bonchev–Trinajstić information content (AvgIpc) is 3.83. The molecule has 0 saturated carbocycles. The highest BCUT2D eigenvalue weighted by Gasteiger charge is 2.41. The van der Waals surface area contributed by atoms with Crippen molar-refractivity contribution < 1.29 is 14.7 Å². The van der Waals surface area contributed by atoms with Gasteiger partial charge in [0, 0.05) is 18.4 Å². The molecule has 2 N–H and O–H groups in total. The Hall–Kier alpha value is -5.32. The van der Waals surface area contributed by atoms with E-state index in [4.69, 9.17) is 5.10 Å². The minimum Gasteiger partial charge on any atom is -0.387 e. The van der Waals surface area contributed by atoms with Crippen molar-refractivity contribution in [2.75, 3.05) is 12.8 Å². The number of aliphatic hydroxyl groups is 1. The molecule has 0 unspecified atom stereocenters. The first-order valence-corrected chi connectivity index (χ1v) is 20.8. The van der Waals surface area contributed by atoms with Gasteiger partial charge in [-0.3, -0.25) is 9.69 Å². The average molecular weight is 769 g/mol. The fraction of sp³-hybridized carbons (Fsp3) is 0.326. The summed E-state index contributed by atoms with van der Waals surface area (Å²) in [6.07, 6.45) is 17.1. The van der Waals surface area contributed by atoms with E-state index in [9.17, 15) is 14.7 Å². The van der Waals surface area contributed by atoms with E-state index in [-0.39, 0.29) is 5.91 Å². The van der Waals surface area contributed by atoms with Crippen LogP contribution in [0.1, 0.15) is 86.6 Å². The molecular formula is C46H52N6O3S. The Bertz CT molecular complexity index is 1960. The summed E-state index contributed by atoms with van der Waals surface area (Å²) in [6, 6.07) is 37.1. The highest BCUT2D eigenvalue weighted by molar-refractivity contribution is 8.00. The van der Waals surface area contributed by atoms with Gasteiger partial charge in [-0.1, -0.05) is 179 Å². The molecule has 3 amide bonds. The molecule has 290 valence electrons. The Morgan fingerprint density at radius 2 is 1.41 bits per heavy atom. The van der Waals surface area contributed by atoms with Crippen LogP contribution in [0.15, 0.2) is 140 Å². The van der Waals surface area contributed by atoms with Gasteiger partial charge in [-0.05, 0) is 46.4 Å². The van der Waals surface area contributed by atoms with E-state index in [1.807, 2.05) is 97.1 Å². The molecule has 1 aromatic heterocycles. The van der Waals surface area contributed by atoms with Crippen LogP contribution in [0.25, 0.3) is 11.4 Å². The van der Waals surface area contributed by atoms with Gasteiger partial charge >= 0.3 is 6.03 Å².